The van der Waals surface area contributed by atoms with E-state index < -0.39 is 6.10 Å². The second kappa shape index (κ2) is 5.91. The number of fused-ring (bicyclic) bond motifs is 1. The van der Waals surface area contributed by atoms with Crippen LogP contribution in [0.3, 0.4) is 0 Å². The third kappa shape index (κ3) is 2.82. The van der Waals surface area contributed by atoms with Gasteiger partial charge in [0.15, 0.2) is 5.69 Å². The van der Waals surface area contributed by atoms with Crippen LogP contribution in [-0.4, -0.2) is 31.2 Å². The maximum atomic E-state index is 10.1. The molecule has 1 N–H and O–H groups in total. The van der Waals surface area contributed by atoms with E-state index in [1.807, 2.05) is 37.7 Å². The number of allylic oxidation sites excluding steroid dienone is 2. The van der Waals surface area contributed by atoms with Crippen molar-refractivity contribution in [2.45, 2.75) is 53.1 Å². The van der Waals surface area contributed by atoms with E-state index >= 15 is 0 Å². The summed E-state index contributed by atoms with van der Waals surface area (Å²) >= 11 is 0. The van der Waals surface area contributed by atoms with E-state index in [0.29, 0.717) is 17.2 Å². The van der Waals surface area contributed by atoms with Crippen molar-refractivity contribution in [2.24, 2.45) is 18.4 Å². The van der Waals surface area contributed by atoms with Crippen LogP contribution in [0.15, 0.2) is 22.1 Å². The van der Waals surface area contributed by atoms with E-state index in [9.17, 15) is 5.11 Å². The van der Waals surface area contributed by atoms with Gasteiger partial charge in [-0.2, -0.15) is 5.10 Å². The summed E-state index contributed by atoms with van der Waals surface area (Å²) in [5, 5.41) is 23.3. The maximum Gasteiger partial charge on any atom is 0.268 e. The highest BCUT2D eigenvalue weighted by Crippen LogP contribution is 2.39. The molecule has 0 saturated carbocycles. The fourth-order valence-electron chi connectivity index (χ4n) is 4.00. The van der Waals surface area contributed by atoms with Crippen LogP contribution < -0.4 is 0 Å². The lowest BCUT2D eigenvalue weighted by molar-refractivity contribution is 0.172. The number of aromatic nitrogens is 4. The Morgan fingerprint density at radius 2 is 2.00 bits per heavy atom. The Labute approximate surface area is 153 Å². The number of aryl methyl sites for hydroxylation is 1. The molecule has 4 rings (SSSR count). The molecule has 26 heavy (non-hydrogen) atoms. The standard InChI is InChI=1S/C20H26N4O2/c1-11-8-13(9-12(2)17(11)25)18-21-22-19(26-18)16-14-6-7-20(3,4)10-15(14)24(5)23-16/h8-9,11,17,25H,6-7,10H2,1-5H3. The average Bonchev–Trinajstić information content (AvgIpc) is 3.17. The van der Waals surface area contributed by atoms with Gasteiger partial charge in [0.2, 0.25) is 5.89 Å². The molecular weight excluding hydrogens is 328 g/mol. The number of rotatable bonds is 2. The lowest BCUT2D eigenvalue weighted by atomic mass is 9.76. The third-order valence-electron chi connectivity index (χ3n) is 5.64. The molecule has 0 saturated heterocycles. The number of hydrogen-bond acceptors (Lipinski definition) is 5. The zero-order valence-electron chi connectivity index (χ0n) is 16.1. The fourth-order valence-corrected chi connectivity index (χ4v) is 4.00. The van der Waals surface area contributed by atoms with Gasteiger partial charge in [-0.25, -0.2) is 0 Å². The number of aliphatic hydroxyl groups excluding tert-OH is 1. The first-order chi connectivity index (χ1) is 12.2. The highest BCUT2D eigenvalue weighted by atomic mass is 16.4. The van der Waals surface area contributed by atoms with Crippen LogP contribution in [0.4, 0.5) is 0 Å². The summed E-state index contributed by atoms with van der Waals surface area (Å²) < 4.78 is 7.94. The van der Waals surface area contributed by atoms with E-state index in [0.717, 1.165) is 36.1 Å². The minimum absolute atomic E-state index is 0.0233. The molecule has 2 atom stereocenters. The highest BCUT2D eigenvalue weighted by molar-refractivity contribution is 5.72. The summed E-state index contributed by atoms with van der Waals surface area (Å²) in [6, 6.07) is 0. The zero-order valence-corrected chi connectivity index (χ0v) is 16.1. The Balaban J connectivity index is 1.69. The molecule has 138 valence electrons. The van der Waals surface area contributed by atoms with Gasteiger partial charge in [0.25, 0.3) is 5.89 Å². The third-order valence-corrected chi connectivity index (χ3v) is 5.64. The second-order valence-electron chi connectivity index (χ2n) is 8.47. The Morgan fingerprint density at radius 1 is 1.27 bits per heavy atom. The monoisotopic (exact) mass is 354 g/mol. The molecule has 2 aliphatic carbocycles. The summed E-state index contributed by atoms with van der Waals surface area (Å²) in [7, 11) is 1.99. The molecule has 2 aromatic rings. The minimum atomic E-state index is -0.452. The summed E-state index contributed by atoms with van der Waals surface area (Å²) in [5.74, 6) is 0.978. The molecular formula is C20H26N4O2. The smallest absolute Gasteiger partial charge is 0.268 e. The molecule has 0 radical (unpaired) electrons. The van der Waals surface area contributed by atoms with E-state index in [4.69, 9.17) is 4.42 Å². The first-order valence-electron chi connectivity index (χ1n) is 9.22. The molecule has 6 heteroatoms. The molecule has 2 unspecified atom stereocenters. The predicted molar refractivity (Wildman–Crippen MR) is 99.2 cm³/mol. The van der Waals surface area contributed by atoms with E-state index in [1.54, 1.807) is 0 Å². The zero-order chi connectivity index (χ0) is 18.6. The molecule has 2 aliphatic rings. The fraction of sp³-hybridized carbons (Fsp3) is 0.550. The van der Waals surface area contributed by atoms with Gasteiger partial charge in [0.05, 0.1) is 6.10 Å². The van der Waals surface area contributed by atoms with Crippen LogP contribution in [0.5, 0.6) is 0 Å². The Kier molecular flexibility index (Phi) is 3.91. The normalized spacial score (nSPS) is 24.8. The highest BCUT2D eigenvalue weighted by Gasteiger charge is 2.32. The molecule has 0 amide bonds. The Hall–Kier alpha value is -2.21. The van der Waals surface area contributed by atoms with Crippen molar-refractivity contribution >= 4 is 5.57 Å². The van der Waals surface area contributed by atoms with Crippen molar-refractivity contribution in [1.82, 2.24) is 20.0 Å². The van der Waals surface area contributed by atoms with Gasteiger partial charge in [-0.3, -0.25) is 4.68 Å². The predicted octanol–water partition coefficient (Wildman–Crippen LogP) is 3.33. The van der Waals surface area contributed by atoms with Crippen LogP contribution in [0.2, 0.25) is 0 Å². The molecule has 6 nitrogen and oxygen atoms in total. The molecule has 0 aromatic carbocycles. The summed E-state index contributed by atoms with van der Waals surface area (Å²) in [6.07, 6.45) is 6.56. The lowest BCUT2D eigenvalue weighted by Gasteiger charge is -2.29. The van der Waals surface area contributed by atoms with Crippen molar-refractivity contribution in [3.05, 3.63) is 34.9 Å². The maximum absolute atomic E-state index is 10.1. The summed E-state index contributed by atoms with van der Waals surface area (Å²) in [6.45, 7) is 8.50. The van der Waals surface area contributed by atoms with Gasteiger partial charge >= 0.3 is 0 Å². The van der Waals surface area contributed by atoms with Gasteiger partial charge < -0.3 is 9.52 Å². The average molecular weight is 354 g/mol. The largest absolute Gasteiger partial charge is 0.415 e. The molecule has 0 aliphatic heterocycles. The van der Waals surface area contributed by atoms with E-state index in [1.165, 1.54) is 11.3 Å². The molecule has 0 fully saturated rings. The molecule has 2 aromatic heterocycles. The van der Waals surface area contributed by atoms with Crippen LogP contribution in [-0.2, 0) is 19.9 Å². The number of hydrogen-bond donors (Lipinski definition) is 1. The van der Waals surface area contributed by atoms with Crippen LogP contribution in [0.25, 0.3) is 17.2 Å². The van der Waals surface area contributed by atoms with Crippen molar-refractivity contribution in [3.8, 4) is 11.6 Å². The molecule has 2 heterocycles. The van der Waals surface area contributed by atoms with Crippen molar-refractivity contribution in [2.75, 3.05) is 0 Å². The quantitative estimate of drug-likeness (QED) is 0.895. The van der Waals surface area contributed by atoms with Crippen molar-refractivity contribution in [1.29, 1.82) is 0 Å². The minimum Gasteiger partial charge on any atom is -0.415 e. The summed E-state index contributed by atoms with van der Waals surface area (Å²) in [4.78, 5) is 0. The van der Waals surface area contributed by atoms with Crippen LogP contribution in [0.1, 0.15) is 51.3 Å². The molecule has 0 bridgehead atoms. The first kappa shape index (κ1) is 17.2. The molecule has 0 spiro atoms. The first-order valence-corrected chi connectivity index (χ1v) is 9.22. The van der Waals surface area contributed by atoms with Gasteiger partial charge in [0, 0.05) is 29.8 Å². The van der Waals surface area contributed by atoms with Crippen LogP contribution >= 0.6 is 0 Å². The SMILES string of the molecule is CC1=CC(c2nnc(-c3nn(C)c4c3CCC(C)(C)C4)o2)=CC(C)C1O. The van der Waals surface area contributed by atoms with Crippen LogP contribution in [0, 0.1) is 11.3 Å². The van der Waals surface area contributed by atoms with Gasteiger partial charge in [-0.1, -0.05) is 26.8 Å². The Bertz CT molecular complexity index is 916. The second-order valence-corrected chi connectivity index (χ2v) is 8.47. The Morgan fingerprint density at radius 3 is 2.73 bits per heavy atom. The van der Waals surface area contributed by atoms with Crippen molar-refractivity contribution < 1.29 is 9.52 Å². The van der Waals surface area contributed by atoms with Gasteiger partial charge in [0.1, 0.15) is 0 Å². The van der Waals surface area contributed by atoms with E-state index in [-0.39, 0.29) is 5.92 Å². The topological polar surface area (TPSA) is 77.0 Å². The van der Waals surface area contributed by atoms with Gasteiger partial charge in [-0.05, 0) is 43.3 Å². The number of aliphatic hydroxyl groups is 1. The number of nitrogens with zero attached hydrogens (tertiary/aromatic N) is 4. The van der Waals surface area contributed by atoms with Gasteiger partial charge in [-0.15, -0.1) is 10.2 Å². The summed E-state index contributed by atoms with van der Waals surface area (Å²) in [5.41, 5.74) is 5.37. The van der Waals surface area contributed by atoms with E-state index in [2.05, 4.69) is 29.1 Å². The lowest BCUT2D eigenvalue weighted by Crippen LogP contribution is -2.23. The van der Waals surface area contributed by atoms with Crippen molar-refractivity contribution in [3.63, 3.8) is 0 Å².